The molecule has 0 heterocycles. The molecular formula is C15H17FN2O. The zero-order valence-electron chi connectivity index (χ0n) is 10.7. The van der Waals surface area contributed by atoms with E-state index < -0.39 is 5.82 Å². The Balaban J connectivity index is 2.05. The average Bonchev–Trinajstić information content (AvgIpc) is 2.35. The third kappa shape index (κ3) is 3.55. The molecule has 1 aliphatic rings. The van der Waals surface area contributed by atoms with Gasteiger partial charge in [-0.25, -0.2) is 4.39 Å². The van der Waals surface area contributed by atoms with Crippen molar-refractivity contribution in [3.05, 3.63) is 35.1 Å². The van der Waals surface area contributed by atoms with Crippen molar-refractivity contribution in [3.63, 3.8) is 0 Å². The SMILES string of the molecule is NCC#Cc1ccc(F)c(C(=O)NCC2CCC2)c1. The van der Waals surface area contributed by atoms with Crippen LogP contribution in [0, 0.1) is 23.6 Å². The molecule has 1 saturated carbocycles. The van der Waals surface area contributed by atoms with Crippen LogP contribution in [0.15, 0.2) is 18.2 Å². The van der Waals surface area contributed by atoms with Crippen LogP contribution >= 0.6 is 0 Å². The van der Waals surface area contributed by atoms with Gasteiger partial charge in [0.1, 0.15) is 5.82 Å². The molecule has 19 heavy (non-hydrogen) atoms. The molecule has 0 spiro atoms. The van der Waals surface area contributed by atoms with Crippen molar-refractivity contribution in [2.24, 2.45) is 11.7 Å². The Morgan fingerprint density at radius 2 is 2.26 bits per heavy atom. The molecule has 0 aliphatic heterocycles. The number of nitrogens with two attached hydrogens (primary N) is 1. The fraction of sp³-hybridized carbons (Fsp3) is 0.400. The lowest BCUT2D eigenvalue weighted by atomic mass is 9.85. The first-order chi connectivity index (χ1) is 9.20. The van der Waals surface area contributed by atoms with Gasteiger partial charge in [-0.15, -0.1) is 0 Å². The van der Waals surface area contributed by atoms with Crippen molar-refractivity contribution in [3.8, 4) is 11.8 Å². The van der Waals surface area contributed by atoms with Gasteiger partial charge in [0, 0.05) is 12.1 Å². The highest BCUT2D eigenvalue weighted by Crippen LogP contribution is 2.25. The zero-order chi connectivity index (χ0) is 13.7. The van der Waals surface area contributed by atoms with Gasteiger partial charge in [-0.3, -0.25) is 4.79 Å². The second-order valence-corrected chi connectivity index (χ2v) is 4.71. The van der Waals surface area contributed by atoms with Crippen LogP contribution in [0.3, 0.4) is 0 Å². The molecule has 1 aliphatic carbocycles. The molecule has 1 aromatic carbocycles. The lowest BCUT2D eigenvalue weighted by molar-refractivity contribution is 0.0935. The van der Waals surface area contributed by atoms with Gasteiger partial charge in [-0.05, 0) is 37.0 Å². The van der Waals surface area contributed by atoms with Crippen LogP contribution in [0.4, 0.5) is 4.39 Å². The van der Waals surface area contributed by atoms with Gasteiger partial charge in [-0.1, -0.05) is 18.3 Å². The average molecular weight is 260 g/mol. The molecule has 100 valence electrons. The second kappa shape index (κ2) is 6.35. The van der Waals surface area contributed by atoms with Crippen molar-refractivity contribution < 1.29 is 9.18 Å². The van der Waals surface area contributed by atoms with Crippen molar-refractivity contribution in [1.82, 2.24) is 5.32 Å². The number of halogens is 1. The molecule has 3 nitrogen and oxygen atoms in total. The number of hydrogen-bond donors (Lipinski definition) is 2. The third-order valence-electron chi connectivity index (χ3n) is 3.32. The molecule has 0 unspecified atom stereocenters. The molecule has 3 N–H and O–H groups in total. The molecule has 1 aromatic rings. The highest BCUT2D eigenvalue weighted by Gasteiger charge is 2.19. The van der Waals surface area contributed by atoms with E-state index in [1.54, 1.807) is 6.07 Å². The summed E-state index contributed by atoms with van der Waals surface area (Å²) in [5.41, 5.74) is 5.92. The van der Waals surface area contributed by atoms with Crippen LogP contribution in [0.1, 0.15) is 35.2 Å². The molecule has 0 radical (unpaired) electrons. The molecule has 2 rings (SSSR count). The highest BCUT2D eigenvalue weighted by atomic mass is 19.1. The van der Waals surface area contributed by atoms with Crippen LogP contribution in [0.25, 0.3) is 0 Å². The summed E-state index contributed by atoms with van der Waals surface area (Å²) in [6.07, 6.45) is 3.51. The van der Waals surface area contributed by atoms with Crippen molar-refractivity contribution in [2.75, 3.05) is 13.1 Å². The summed E-state index contributed by atoms with van der Waals surface area (Å²) in [6, 6.07) is 4.27. The van der Waals surface area contributed by atoms with E-state index in [-0.39, 0.29) is 18.0 Å². The fourth-order valence-electron chi connectivity index (χ4n) is 1.96. The molecule has 4 heteroatoms. The van der Waals surface area contributed by atoms with Crippen LogP contribution in [0.2, 0.25) is 0 Å². The highest BCUT2D eigenvalue weighted by molar-refractivity contribution is 5.94. The second-order valence-electron chi connectivity index (χ2n) is 4.71. The Morgan fingerprint density at radius 3 is 2.89 bits per heavy atom. The van der Waals surface area contributed by atoms with E-state index >= 15 is 0 Å². The maximum Gasteiger partial charge on any atom is 0.254 e. The zero-order valence-corrected chi connectivity index (χ0v) is 10.7. The van der Waals surface area contributed by atoms with Gasteiger partial charge in [0.05, 0.1) is 12.1 Å². The molecule has 1 fully saturated rings. The van der Waals surface area contributed by atoms with Crippen molar-refractivity contribution in [2.45, 2.75) is 19.3 Å². The van der Waals surface area contributed by atoms with Gasteiger partial charge >= 0.3 is 0 Å². The minimum atomic E-state index is -0.524. The minimum Gasteiger partial charge on any atom is -0.352 e. The first-order valence-electron chi connectivity index (χ1n) is 6.47. The lowest BCUT2D eigenvalue weighted by Crippen LogP contribution is -2.32. The van der Waals surface area contributed by atoms with E-state index in [4.69, 9.17) is 5.73 Å². The van der Waals surface area contributed by atoms with E-state index in [0.717, 1.165) is 12.8 Å². The van der Waals surface area contributed by atoms with Gasteiger partial charge < -0.3 is 11.1 Å². The van der Waals surface area contributed by atoms with Crippen molar-refractivity contribution >= 4 is 5.91 Å². The van der Waals surface area contributed by atoms with E-state index in [1.165, 1.54) is 18.6 Å². The maximum atomic E-state index is 13.6. The van der Waals surface area contributed by atoms with Crippen molar-refractivity contribution in [1.29, 1.82) is 0 Å². The number of nitrogens with one attached hydrogen (secondary N) is 1. The summed E-state index contributed by atoms with van der Waals surface area (Å²) in [4.78, 5) is 11.9. The summed E-state index contributed by atoms with van der Waals surface area (Å²) in [6.45, 7) is 0.859. The number of rotatable bonds is 3. The lowest BCUT2D eigenvalue weighted by Gasteiger charge is -2.25. The summed E-state index contributed by atoms with van der Waals surface area (Å²) in [5, 5.41) is 2.77. The van der Waals surface area contributed by atoms with Gasteiger partial charge in [-0.2, -0.15) is 0 Å². The maximum absolute atomic E-state index is 13.6. The molecule has 1 amide bonds. The molecular weight excluding hydrogens is 243 g/mol. The van der Waals surface area contributed by atoms with Gasteiger partial charge in [0.25, 0.3) is 5.91 Å². The van der Waals surface area contributed by atoms with Gasteiger partial charge in [0.15, 0.2) is 0 Å². The van der Waals surface area contributed by atoms with Crippen LogP contribution in [-0.4, -0.2) is 19.0 Å². The van der Waals surface area contributed by atoms with E-state index in [9.17, 15) is 9.18 Å². The largest absolute Gasteiger partial charge is 0.352 e. The topological polar surface area (TPSA) is 55.1 Å². The Hall–Kier alpha value is -1.86. The molecule has 0 bridgehead atoms. The molecule has 0 atom stereocenters. The van der Waals surface area contributed by atoms with E-state index in [1.807, 2.05) is 0 Å². The molecule has 0 saturated heterocycles. The Bertz CT molecular complexity index is 527. The molecule has 0 aromatic heterocycles. The normalized spacial score (nSPS) is 14.2. The summed E-state index contributed by atoms with van der Waals surface area (Å²) in [5.74, 6) is 5.13. The third-order valence-corrected chi connectivity index (χ3v) is 3.32. The van der Waals surface area contributed by atoms with E-state index in [2.05, 4.69) is 17.2 Å². The summed E-state index contributed by atoms with van der Waals surface area (Å²) < 4.78 is 13.6. The van der Waals surface area contributed by atoms with Gasteiger partial charge in [0.2, 0.25) is 0 Å². The predicted molar refractivity (Wildman–Crippen MR) is 72.0 cm³/mol. The number of carbonyl (C=O) groups excluding carboxylic acids is 1. The Labute approximate surface area is 112 Å². The number of carbonyl (C=O) groups is 1. The summed E-state index contributed by atoms with van der Waals surface area (Å²) >= 11 is 0. The van der Waals surface area contributed by atoms with Crippen LogP contribution < -0.4 is 11.1 Å². The van der Waals surface area contributed by atoms with E-state index in [0.29, 0.717) is 18.0 Å². The summed E-state index contributed by atoms with van der Waals surface area (Å²) in [7, 11) is 0. The monoisotopic (exact) mass is 260 g/mol. The smallest absolute Gasteiger partial charge is 0.254 e. The standard InChI is InChI=1S/C15H17FN2O/c16-14-7-6-11(5-2-8-17)9-13(14)15(19)18-10-12-3-1-4-12/h6-7,9,12H,1,3-4,8,10,17H2,(H,18,19). The minimum absolute atomic E-state index is 0.0446. The predicted octanol–water partition coefficient (Wildman–Crippen LogP) is 1.67. The Morgan fingerprint density at radius 1 is 1.47 bits per heavy atom. The number of hydrogen-bond acceptors (Lipinski definition) is 2. The quantitative estimate of drug-likeness (QED) is 0.812. The fourth-order valence-corrected chi connectivity index (χ4v) is 1.96. The first kappa shape index (κ1) is 13.6. The van der Waals surface area contributed by atoms with Crippen LogP contribution in [0.5, 0.6) is 0 Å². The number of benzene rings is 1. The van der Waals surface area contributed by atoms with Crippen LogP contribution in [-0.2, 0) is 0 Å². The number of amides is 1. The first-order valence-corrected chi connectivity index (χ1v) is 6.47. The Kier molecular flexibility index (Phi) is 4.53.